The Morgan fingerprint density at radius 1 is 1.24 bits per heavy atom. The zero-order chi connectivity index (χ0) is 12.8. The first-order chi connectivity index (χ1) is 8.08. The number of hydrogen-bond acceptors (Lipinski definition) is 1. The van der Waals surface area contributed by atoms with Crippen molar-refractivity contribution in [3.8, 4) is 5.75 Å². The molecule has 96 valence electrons. The zero-order valence-electron chi connectivity index (χ0n) is 9.48. The summed E-state index contributed by atoms with van der Waals surface area (Å²) in [5, 5.41) is 1.01. The van der Waals surface area contributed by atoms with Crippen LogP contribution in [0.1, 0.15) is 19.8 Å². The van der Waals surface area contributed by atoms with E-state index in [4.69, 9.17) is 4.74 Å². The van der Waals surface area contributed by atoms with Crippen molar-refractivity contribution in [1.82, 2.24) is 0 Å². The van der Waals surface area contributed by atoms with Crippen molar-refractivity contribution in [3.63, 3.8) is 0 Å². The van der Waals surface area contributed by atoms with Crippen molar-refractivity contribution in [2.45, 2.75) is 19.8 Å². The molecule has 0 bridgehead atoms. The van der Waals surface area contributed by atoms with E-state index in [0.29, 0.717) is 5.92 Å². The van der Waals surface area contributed by atoms with Crippen LogP contribution in [0.4, 0.5) is 0 Å². The van der Waals surface area contributed by atoms with E-state index in [2.05, 4.69) is 103 Å². The first-order valence-electron chi connectivity index (χ1n) is 5.41. The molecule has 0 spiro atoms. The summed E-state index contributed by atoms with van der Waals surface area (Å²) in [6.45, 7) is 3.01. The molecule has 5 heteroatoms. The van der Waals surface area contributed by atoms with Crippen LogP contribution >= 0.6 is 83.7 Å². The molecule has 1 atom stereocenters. The van der Waals surface area contributed by atoms with Crippen LogP contribution in [0.2, 0.25) is 0 Å². The number of benzene rings is 1. The molecule has 0 fully saturated rings. The molecule has 0 heterocycles. The smallest absolute Gasteiger partial charge is 0.146 e. The second-order valence-electron chi connectivity index (χ2n) is 3.82. The van der Waals surface area contributed by atoms with Crippen LogP contribution in [-0.4, -0.2) is 11.9 Å². The summed E-state index contributed by atoms with van der Waals surface area (Å²) in [7, 11) is 0. The number of rotatable bonds is 6. The minimum atomic E-state index is 0.603. The van der Waals surface area contributed by atoms with Crippen LogP contribution in [0.5, 0.6) is 5.75 Å². The largest absolute Gasteiger partial charge is 0.491 e. The Labute approximate surface area is 152 Å². The third-order valence-corrected chi connectivity index (χ3v) is 5.48. The number of ether oxygens (including phenoxy) is 1. The molecule has 0 aliphatic carbocycles. The van der Waals surface area contributed by atoms with Gasteiger partial charge in [0, 0.05) is 14.8 Å². The van der Waals surface area contributed by atoms with Crippen molar-refractivity contribution in [2.75, 3.05) is 11.9 Å². The Kier molecular flexibility index (Phi) is 8.65. The molecule has 17 heavy (non-hydrogen) atoms. The van der Waals surface area contributed by atoms with Gasteiger partial charge in [0.2, 0.25) is 0 Å². The summed E-state index contributed by atoms with van der Waals surface area (Å²) in [5.74, 6) is 1.64. The summed E-state index contributed by atoms with van der Waals surface area (Å²) >= 11 is 10.6. The highest BCUT2D eigenvalue weighted by Gasteiger charge is 2.11. The molecule has 0 radical (unpaired) electrons. The van der Waals surface area contributed by atoms with E-state index in [0.717, 1.165) is 17.7 Å². The molecule has 0 aliphatic rings. The van der Waals surface area contributed by atoms with E-state index in [1.807, 2.05) is 0 Å². The molecule has 1 rings (SSSR count). The van der Waals surface area contributed by atoms with Gasteiger partial charge in [-0.3, -0.25) is 0 Å². The second kappa shape index (κ2) is 8.78. The van der Waals surface area contributed by atoms with Crippen molar-refractivity contribution in [3.05, 3.63) is 22.8 Å². The lowest BCUT2D eigenvalue weighted by Gasteiger charge is -2.16. The molecule has 1 aromatic rings. The standard InChI is InChI=1S/C12H14BrI3O/c1-2-3-8(6-13)7-17-12-10(15)4-9(14)5-11(12)16/h4-5,8H,2-3,6-7H2,1H3. The van der Waals surface area contributed by atoms with Gasteiger partial charge in [0.15, 0.2) is 0 Å². The minimum absolute atomic E-state index is 0.603. The van der Waals surface area contributed by atoms with E-state index in [1.165, 1.54) is 23.6 Å². The predicted octanol–water partition coefficient (Wildman–Crippen LogP) is 5.69. The van der Waals surface area contributed by atoms with Gasteiger partial charge in [0.1, 0.15) is 5.75 Å². The molecule has 1 unspecified atom stereocenters. The lowest BCUT2D eigenvalue weighted by atomic mass is 10.1. The van der Waals surface area contributed by atoms with Crippen molar-refractivity contribution in [2.24, 2.45) is 5.92 Å². The summed E-state index contributed by atoms with van der Waals surface area (Å²) in [4.78, 5) is 0. The molecule has 0 saturated heterocycles. The van der Waals surface area contributed by atoms with Gasteiger partial charge in [-0.2, -0.15) is 0 Å². The fourth-order valence-corrected chi connectivity index (χ4v) is 5.89. The number of hydrogen-bond donors (Lipinski definition) is 0. The SMILES string of the molecule is CCCC(CBr)COc1c(I)cc(I)cc1I. The van der Waals surface area contributed by atoms with Crippen LogP contribution < -0.4 is 4.74 Å². The summed E-state index contributed by atoms with van der Waals surface area (Å²) in [6, 6.07) is 4.31. The monoisotopic (exact) mass is 634 g/mol. The maximum atomic E-state index is 5.98. The first kappa shape index (κ1) is 16.7. The van der Waals surface area contributed by atoms with Crippen molar-refractivity contribution < 1.29 is 4.74 Å². The Balaban J connectivity index is 2.68. The number of alkyl halides is 1. The maximum absolute atomic E-state index is 5.98. The molecule has 0 aliphatic heterocycles. The Morgan fingerprint density at radius 3 is 2.29 bits per heavy atom. The average Bonchev–Trinajstić information content (AvgIpc) is 2.26. The van der Waals surface area contributed by atoms with Crippen molar-refractivity contribution >= 4 is 83.7 Å². The zero-order valence-corrected chi connectivity index (χ0v) is 17.5. The highest BCUT2D eigenvalue weighted by molar-refractivity contribution is 14.1. The van der Waals surface area contributed by atoms with E-state index >= 15 is 0 Å². The fourth-order valence-electron chi connectivity index (χ4n) is 1.48. The third-order valence-electron chi connectivity index (χ3n) is 2.34. The summed E-state index contributed by atoms with van der Waals surface area (Å²) in [5.41, 5.74) is 0. The van der Waals surface area contributed by atoms with Gasteiger partial charge >= 0.3 is 0 Å². The first-order valence-corrected chi connectivity index (χ1v) is 9.77. The molecule has 1 aromatic carbocycles. The third kappa shape index (κ3) is 5.68. The second-order valence-corrected chi connectivity index (χ2v) is 8.04. The van der Waals surface area contributed by atoms with Gasteiger partial charge < -0.3 is 4.74 Å². The van der Waals surface area contributed by atoms with Crippen LogP contribution in [0, 0.1) is 16.6 Å². The van der Waals surface area contributed by atoms with Crippen LogP contribution in [0.3, 0.4) is 0 Å². The molecular weight excluding hydrogens is 621 g/mol. The Bertz CT molecular complexity index is 348. The molecule has 0 aromatic heterocycles. The normalized spacial score (nSPS) is 12.5. The average molecular weight is 635 g/mol. The maximum Gasteiger partial charge on any atom is 0.146 e. The summed E-state index contributed by atoms with van der Waals surface area (Å²) in [6.07, 6.45) is 2.42. The molecule has 0 saturated carbocycles. The molecule has 1 nitrogen and oxygen atoms in total. The van der Waals surface area contributed by atoms with Gasteiger partial charge in [-0.05, 0) is 86.3 Å². The number of halogens is 4. The Morgan fingerprint density at radius 2 is 1.82 bits per heavy atom. The van der Waals surface area contributed by atoms with E-state index < -0.39 is 0 Å². The fraction of sp³-hybridized carbons (Fsp3) is 0.500. The Hall–Kier alpha value is 1.69. The quantitative estimate of drug-likeness (QED) is 0.289. The summed E-state index contributed by atoms with van der Waals surface area (Å²) < 4.78 is 9.63. The van der Waals surface area contributed by atoms with Crippen LogP contribution in [0.25, 0.3) is 0 Å². The molecule has 0 N–H and O–H groups in total. The molecule has 0 amide bonds. The van der Waals surface area contributed by atoms with Crippen LogP contribution in [-0.2, 0) is 0 Å². The minimum Gasteiger partial charge on any atom is -0.491 e. The van der Waals surface area contributed by atoms with Gasteiger partial charge in [0.05, 0.1) is 13.7 Å². The predicted molar refractivity (Wildman–Crippen MR) is 102 cm³/mol. The highest BCUT2D eigenvalue weighted by Crippen LogP contribution is 2.30. The lowest BCUT2D eigenvalue weighted by molar-refractivity contribution is 0.252. The van der Waals surface area contributed by atoms with E-state index in [-0.39, 0.29) is 0 Å². The highest BCUT2D eigenvalue weighted by atomic mass is 127. The van der Waals surface area contributed by atoms with Gasteiger partial charge in [-0.25, -0.2) is 0 Å². The van der Waals surface area contributed by atoms with Crippen LogP contribution in [0.15, 0.2) is 12.1 Å². The van der Waals surface area contributed by atoms with E-state index in [1.54, 1.807) is 0 Å². The lowest BCUT2D eigenvalue weighted by Crippen LogP contribution is -2.14. The topological polar surface area (TPSA) is 9.23 Å². The van der Waals surface area contributed by atoms with Gasteiger partial charge in [0.25, 0.3) is 0 Å². The van der Waals surface area contributed by atoms with E-state index in [9.17, 15) is 0 Å². The molecular formula is C12H14BrI3O. The van der Waals surface area contributed by atoms with Crippen molar-refractivity contribution in [1.29, 1.82) is 0 Å². The van der Waals surface area contributed by atoms with Gasteiger partial charge in [-0.1, -0.05) is 29.3 Å². The van der Waals surface area contributed by atoms with Gasteiger partial charge in [-0.15, -0.1) is 0 Å².